The Morgan fingerprint density at radius 3 is 2.55 bits per heavy atom. The molecule has 0 atom stereocenters. The van der Waals surface area contributed by atoms with Gasteiger partial charge in [-0.05, 0) is 35.9 Å². The summed E-state index contributed by atoms with van der Waals surface area (Å²) >= 11 is 0. The van der Waals surface area contributed by atoms with Gasteiger partial charge >= 0.3 is 0 Å². The average Bonchev–Trinajstić information content (AvgIpc) is 2.90. The fourth-order valence-electron chi connectivity index (χ4n) is 2.40. The van der Waals surface area contributed by atoms with Crippen LogP contribution in [0.5, 0.6) is 0 Å². The Kier molecular flexibility index (Phi) is 4.14. The van der Waals surface area contributed by atoms with Gasteiger partial charge in [0.25, 0.3) is 0 Å². The molecule has 2 nitrogen and oxygen atoms in total. The summed E-state index contributed by atoms with van der Waals surface area (Å²) in [6.45, 7) is 1.50. The molecule has 3 aromatic rings. The number of aromatic nitrogens is 1. The van der Waals surface area contributed by atoms with E-state index in [0.29, 0.717) is 6.61 Å². The number of aryl methyl sites for hydroxylation is 1. The van der Waals surface area contributed by atoms with E-state index >= 15 is 0 Å². The van der Waals surface area contributed by atoms with Crippen LogP contribution in [0, 0.1) is 0 Å². The summed E-state index contributed by atoms with van der Waals surface area (Å²) in [6.07, 6.45) is 2.07. The lowest BCUT2D eigenvalue weighted by atomic mass is 10.2. The molecule has 3 rings (SSSR count). The van der Waals surface area contributed by atoms with Gasteiger partial charge in [0.2, 0.25) is 0 Å². The summed E-state index contributed by atoms with van der Waals surface area (Å²) < 4.78 is 5.70. The summed E-state index contributed by atoms with van der Waals surface area (Å²) in [6, 6.07) is 20.9. The first-order valence-corrected chi connectivity index (χ1v) is 7.10. The summed E-state index contributed by atoms with van der Waals surface area (Å²) in [5, 5.41) is 1.28. The van der Waals surface area contributed by atoms with Crippen molar-refractivity contribution in [3.8, 4) is 0 Å². The van der Waals surface area contributed by atoms with Crippen LogP contribution in [-0.4, -0.2) is 11.6 Å². The van der Waals surface area contributed by atoms with Gasteiger partial charge in [-0.2, -0.15) is 0 Å². The molecule has 0 aliphatic heterocycles. The van der Waals surface area contributed by atoms with Crippen molar-refractivity contribution in [3.63, 3.8) is 0 Å². The number of para-hydroxylation sites is 1. The average molecular weight is 265 g/mol. The van der Waals surface area contributed by atoms with E-state index in [2.05, 4.69) is 47.4 Å². The molecule has 1 N–H and O–H groups in total. The molecule has 20 heavy (non-hydrogen) atoms. The van der Waals surface area contributed by atoms with Crippen LogP contribution in [0.2, 0.25) is 0 Å². The fraction of sp³-hybridized carbons (Fsp3) is 0.222. The van der Waals surface area contributed by atoms with Gasteiger partial charge in [-0.1, -0.05) is 48.5 Å². The Bertz CT molecular complexity index is 624. The molecular weight excluding hydrogens is 246 g/mol. The Balaban J connectivity index is 1.43. The Hall–Kier alpha value is -2.06. The van der Waals surface area contributed by atoms with Crippen molar-refractivity contribution in [2.75, 3.05) is 6.61 Å². The predicted octanol–water partition coefficient (Wildman–Crippen LogP) is 4.32. The molecule has 0 aliphatic rings. The third-order valence-corrected chi connectivity index (χ3v) is 3.43. The van der Waals surface area contributed by atoms with Crippen molar-refractivity contribution >= 4 is 10.9 Å². The highest BCUT2D eigenvalue weighted by Gasteiger charge is 2.00. The van der Waals surface area contributed by atoms with Crippen LogP contribution in [-0.2, 0) is 17.8 Å². The molecule has 2 aromatic carbocycles. The molecule has 0 spiro atoms. The Morgan fingerprint density at radius 2 is 1.70 bits per heavy atom. The number of ether oxygens (including phenoxy) is 1. The van der Waals surface area contributed by atoms with Gasteiger partial charge in [0, 0.05) is 17.8 Å². The molecule has 0 amide bonds. The first kappa shape index (κ1) is 12.9. The molecule has 0 saturated carbocycles. The maximum atomic E-state index is 5.70. The molecular formula is C18H19NO. The van der Waals surface area contributed by atoms with Crippen LogP contribution >= 0.6 is 0 Å². The highest BCUT2D eigenvalue weighted by atomic mass is 16.5. The normalized spacial score (nSPS) is 11.0. The first-order chi connectivity index (χ1) is 9.92. The van der Waals surface area contributed by atoms with Crippen molar-refractivity contribution in [2.45, 2.75) is 19.4 Å². The van der Waals surface area contributed by atoms with Crippen molar-refractivity contribution in [3.05, 3.63) is 71.9 Å². The number of H-pyrrole nitrogens is 1. The molecule has 1 aromatic heterocycles. The van der Waals surface area contributed by atoms with Gasteiger partial charge in [0.05, 0.1) is 6.61 Å². The number of fused-ring (bicyclic) bond motifs is 1. The molecule has 0 fully saturated rings. The van der Waals surface area contributed by atoms with Crippen LogP contribution in [0.4, 0.5) is 0 Å². The third-order valence-electron chi connectivity index (χ3n) is 3.43. The predicted molar refractivity (Wildman–Crippen MR) is 82.7 cm³/mol. The summed E-state index contributed by atoms with van der Waals surface area (Å²) in [5.74, 6) is 0. The van der Waals surface area contributed by atoms with Crippen molar-refractivity contribution in [1.29, 1.82) is 0 Å². The second kappa shape index (κ2) is 6.40. The topological polar surface area (TPSA) is 25.0 Å². The van der Waals surface area contributed by atoms with Crippen molar-refractivity contribution in [2.24, 2.45) is 0 Å². The number of nitrogens with one attached hydrogen (secondary N) is 1. The summed E-state index contributed by atoms with van der Waals surface area (Å²) in [7, 11) is 0. The molecule has 0 bridgehead atoms. The van der Waals surface area contributed by atoms with Crippen molar-refractivity contribution < 1.29 is 4.74 Å². The van der Waals surface area contributed by atoms with Crippen LogP contribution in [0.15, 0.2) is 60.7 Å². The van der Waals surface area contributed by atoms with Gasteiger partial charge in [-0.25, -0.2) is 0 Å². The van der Waals surface area contributed by atoms with Gasteiger partial charge in [0.15, 0.2) is 0 Å². The molecule has 0 saturated heterocycles. The highest BCUT2D eigenvalue weighted by molar-refractivity contribution is 5.80. The lowest BCUT2D eigenvalue weighted by Gasteiger charge is -2.03. The molecule has 1 heterocycles. The smallest absolute Gasteiger partial charge is 0.0716 e. The van der Waals surface area contributed by atoms with Gasteiger partial charge in [-0.3, -0.25) is 0 Å². The summed E-state index contributed by atoms with van der Waals surface area (Å²) in [5.41, 5.74) is 3.74. The zero-order chi connectivity index (χ0) is 13.6. The lowest BCUT2D eigenvalue weighted by Crippen LogP contribution is -1.97. The number of hydrogen-bond acceptors (Lipinski definition) is 1. The van der Waals surface area contributed by atoms with Crippen LogP contribution in [0.25, 0.3) is 10.9 Å². The van der Waals surface area contributed by atoms with E-state index in [1.807, 2.05) is 18.2 Å². The minimum absolute atomic E-state index is 0.702. The number of benzene rings is 2. The van der Waals surface area contributed by atoms with Gasteiger partial charge in [0.1, 0.15) is 0 Å². The summed E-state index contributed by atoms with van der Waals surface area (Å²) in [4.78, 5) is 3.45. The SMILES string of the molecule is c1ccc(COCCCc2cc3ccccc3[nH]2)cc1. The molecule has 102 valence electrons. The second-order valence-electron chi connectivity index (χ2n) is 5.02. The molecule has 0 unspecified atom stereocenters. The minimum Gasteiger partial charge on any atom is -0.377 e. The number of rotatable bonds is 6. The standard InChI is InChI=1S/C18H19NO/c1-2-7-15(8-3-1)14-20-12-6-10-17-13-16-9-4-5-11-18(16)19-17/h1-5,7-9,11,13,19H,6,10,12,14H2. The zero-order valence-corrected chi connectivity index (χ0v) is 11.5. The Labute approximate surface area is 119 Å². The van der Waals surface area contributed by atoms with E-state index in [9.17, 15) is 0 Å². The first-order valence-electron chi connectivity index (χ1n) is 7.10. The van der Waals surface area contributed by atoms with Gasteiger partial charge in [-0.15, -0.1) is 0 Å². The van der Waals surface area contributed by atoms with E-state index in [4.69, 9.17) is 4.74 Å². The lowest BCUT2D eigenvalue weighted by molar-refractivity contribution is 0.118. The monoisotopic (exact) mass is 265 g/mol. The van der Waals surface area contributed by atoms with E-state index < -0.39 is 0 Å². The minimum atomic E-state index is 0.702. The number of aromatic amines is 1. The molecule has 2 heteroatoms. The van der Waals surface area contributed by atoms with Crippen molar-refractivity contribution in [1.82, 2.24) is 4.98 Å². The Morgan fingerprint density at radius 1 is 0.900 bits per heavy atom. The largest absolute Gasteiger partial charge is 0.377 e. The van der Waals surface area contributed by atoms with E-state index in [1.54, 1.807) is 0 Å². The second-order valence-corrected chi connectivity index (χ2v) is 5.02. The molecule has 0 radical (unpaired) electrons. The van der Waals surface area contributed by atoms with E-state index in [0.717, 1.165) is 19.4 Å². The van der Waals surface area contributed by atoms with Crippen LogP contribution in [0.3, 0.4) is 0 Å². The quantitative estimate of drug-likeness (QED) is 0.660. The van der Waals surface area contributed by atoms with E-state index in [-0.39, 0.29) is 0 Å². The highest BCUT2D eigenvalue weighted by Crippen LogP contribution is 2.15. The van der Waals surface area contributed by atoms with Gasteiger partial charge < -0.3 is 9.72 Å². The van der Waals surface area contributed by atoms with Crippen LogP contribution in [0.1, 0.15) is 17.7 Å². The molecule has 0 aliphatic carbocycles. The van der Waals surface area contributed by atoms with Crippen LogP contribution < -0.4 is 0 Å². The van der Waals surface area contributed by atoms with E-state index in [1.165, 1.54) is 22.2 Å². The third kappa shape index (κ3) is 3.28. The zero-order valence-electron chi connectivity index (χ0n) is 11.5. The maximum Gasteiger partial charge on any atom is 0.0716 e. The number of hydrogen-bond donors (Lipinski definition) is 1. The maximum absolute atomic E-state index is 5.70. The fourth-order valence-corrected chi connectivity index (χ4v) is 2.40.